The summed E-state index contributed by atoms with van der Waals surface area (Å²) in [6, 6.07) is 16.1. The van der Waals surface area contributed by atoms with Gasteiger partial charge in [-0.3, -0.25) is 4.99 Å². The van der Waals surface area contributed by atoms with Crippen molar-refractivity contribution in [1.82, 2.24) is 5.32 Å². The highest BCUT2D eigenvalue weighted by atomic mass is 127. The normalized spacial score (nSPS) is 16.4. The molecular weight excluding hydrogens is 449 g/mol. The number of nitrogens with two attached hydrogens (primary N) is 1. The van der Waals surface area contributed by atoms with Crippen LogP contribution >= 0.6 is 35.6 Å². The number of aryl methyl sites for hydroxylation is 1. The fourth-order valence-electron chi connectivity index (χ4n) is 2.85. The minimum atomic E-state index is 0. The van der Waals surface area contributed by atoms with E-state index in [4.69, 9.17) is 22.1 Å². The van der Waals surface area contributed by atoms with Crippen LogP contribution in [0.5, 0.6) is 5.75 Å². The number of hydrogen-bond acceptors (Lipinski definition) is 2. The van der Waals surface area contributed by atoms with Crippen LogP contribution in [-0.2, 0) is 6.42 Å². The second kappa shape index (κ2) is 9.87. The Kier molecular flexibility index (Phi) is 7.84. The van der Waals surface area contributed by atoms with Gasteiger partial charge in [0.05, 0.1) is 12.6 Å². The summed E-state index contributed by atoms with van der Waals surface area (Å²) in [5.41, 5.74) is 8.45. The fraction of sp³-hybridized carbons (Fsp3) is 0.316. The van der Waals surface area contributed by atoms with Gasteiger partial charge in [-0.25, -0.2) is 0 Å². The molecule has 0 bridgehead atoms. The number of hydrogen-bond donors (Lipinski definition) is 2. The average molecular weight is 472 g/mol. The van der Waals surface area contributed by atoms with Crippen molar-refractivity contribution in [3.63, 3.8) is 0 Å². The summed E-state index contributed by atoms with van der Waals surface area (Å²) < 4.78 is 5.66. The third-order valence-corrected chi connectivity index (χ3v) is 4.35. The second-order valence-corrected chi connectivity index (χ2v) is 6.31. The average Bonchev–Trinajstić information content (AvgIpc) is 2.61. The second-order valence-electron chi connectivity index (χ2n) is 5.87. The predicted octanol–water partition coefficient (Wildman–Crippen LogP) is 4.32. The van der Waals surface area contributed by atoms with Gasteiger partial charge in [0.1, 0.15) is 5.75 Å². The monoisotopic (exact) mass is 471 g/mol. The Morgan fingerprint density at radius 2 is 1.96 bits per heavy atom. The van der Waals surface area contributed by atoms with Crippen molar-refractivity contribution in [2.45, 2.75) is 25.3 Å². The van der Waals surface area contributed by atoms with E-state index in [1.54, 1.807) is 0 Å². The lowest BCUT2D eigenvalue weighted by Crippen LogP contribution is -2.37. The molecule has 0 saturated heterocycles. The van der Waals surface area contributed by atoms with Gasteiger partial charge in [0.15, 0.2) is 5.96 Å². The summed E-state index contributed by atoms with van der Waals surface area (Å²) in [5.74, 6) is 1.42. The van der Waals surface area contributed by atoms with E-state index >= 15 is 0 Å². The molecule has 3 N–H and O–H groups in total. The van der Waals surface area contributed by atoms with E-state index in [0.29, 0.717) is 19.1 Å². The van der Waals surface area contributed by atoms with Crippen molar-refractivity contribution in [3.05, 3.63) is 64.7 Å². The van der Waals surface area contributed by atoms with Gasteiger partial charge in [0.25, 0.3) is 0 Å². The van der Waals surface area contributed by atoms with Gasteiger partial charge in [0, 0.05) is 23.6 Å². The minimum Gasteiger partial charge on any atom is -0.493 e. The van der Waals surface area contributed by atoms with E-state index in [2.05, 4.69) is 16.4 Å². The minimum absolute atomic E-state index is 0. The molecule has 25 heavy (non-hydrogen) atoms. The van der Waals surface area contributed by atoms with Crippen molar-refractivity contribution in [1.29, 1.82) is 0 Å². The summed E-state index contributed by atoms with van der Waals surface area (Å²) in [6.07, 6.45) is 2.81. The fourth-order valence-corrected chi connectivity index (χ4v) is 2.98. The molecule has 0 fully saturated rings. The molecule has 0 spiro atoms. The largest absolute Gasteiger partial charge is 0.493 e. The molecule has 6 heteroatoms. The van der Waals surface area contributed by atoms with Crippen LogP contribution < -0.4 is 15.8 Å². The molecule has 1 heterocycles. The van der Waals surface area contributed by atoms with Crippen LogP contribution in [0.4, 0.5) is 0 Å². The van der Waals surface area contributed by atoms with E-state index in [-0.39, 0.29) is 30.0 Å². The van der Waals surface area contributed by atoms with Crippen molar-refractivity contribution >= 4 is 41.5 Å². The molecule has 0 aromatic heterocycles. The van der Waals surface area contributed by atoms with Crippen LogP contribution in [-0.4, -0.2) is 19.1 Å². The number of nitrogens with one attached hydrogen (secondary N) is 1. The molecule has 3 rings (SSSR count). The van der Waals surface area contributed by atoms with Crippen LogP contribution in [0.3, 0.4) is 0 Å². The number of para-hydroxylation sites is 1. The van der Waals surface area contributed by atoms with E-state index < -0.39 is 0 Å². The number of aliphatic imine (C=N–C) groups is 1. The van der Waals surface area contributed by atoms with Gasteiger partial charge in [-0.2, -0.15) is 0 Å². The Labute approximate surface area is 170 Å². The topological polar surface area (TPSA) is 59.6 Å². The maximum absolute atomic E-state index is 6.04. The molecule has 1 atom stereocenters. The van der Waals surface area contributed by atoms with Gasteiger partial charge in [-0.1, -0.05) is 41.9 Å². The third-order valence-electron chi connectivity index (χ3n) is 4.10. The number of nitrogens with zero attached hydrogens (tertiary/aromatic N) is 1. The lowest BCUT2D eigenvalue weighted by Gasteiger charge is -2.26. The number of halogens is 2. The first-order chi connectivity index (χ1) is 11.7. The lowest BCUT2D eigenvalue weighted by molar-refractivity contribution is 0.262. The zero-order valence-corrected chi connectivity index (χ0v) is 17.0. The Balaban J connectivity index is 0.00000225. The summed E-state index contributed by atoms with van der Waals surface area (Å²) in [6.45, 7) is 1.39. The van der Waals surface area contributed by atoms with E-state index in [0.717, 1.165) is 35.6 Å². The molecule has 0 radical (unpaired) electrons. The molecule has 0 saturated carbocycles. The Morgan fingerprint density at radius 3 is 2.76 bits per heavy atom. The van der Waals surface area contributed by atoms with Crippen LogP contribution in [0, 0.1) is 0 Å². The molecule has 134 valence electrons. The quantitative estimate of drug-likeness (QED) is 0.295. The number of fused-ring (bicyclic) bond motifs is 1. The van der Waals surface area contributed by atoms with Crippen LogP contribution in [0.1, 0.15) is 30.0 Å². The van der Waals surface area contributed by atoms with Gasteiger partial charge < -0.3 is 15.8 Å². The van der Waals surface area contributed by atoms with E-state index in [1.807, 2.05) is 42.5 Å². The van der Waals surface area contributed by atoms with E-state index in [1.165, 1.54) is 5.56 Å². The summed E-state index contributed by atoms with van der Waals surface area (Å²) in [4.78, 5) is 4.44. The SMILES string of the molecule is I.NC(=NCCCc1ccc(Cl)cc1)NC1CCOc2ccccc21. The van der Waals surface area contributed by atoms with Crippen LogP contribution in [0.2, 0.25) is 5.02 Å². The smallest absolute Gasteiger partial charge is 0.189 e. The lowest BCUT2D eigenvalue weighted by atomic mass is 10.0. The first-order valence-corrected chi connectivity index (χ1v) is 8.63. The summed E-state index contributed by atoms with van der Waals surface area (Å²) in [7, 11) is 0. The molecule has 1 aliphatic rings. The Morgan fingerprint density at radius 1 is 1.20 bits per heavy atom. The number of benzene rings is 2. The maximum Gasteiger partial charge on any atom is 0.189 e. The Bertz CT molecular complexity index is 706. The molecule has 4 nitrogen and oxygen atoms in total. The number of rotatable bonds is 5. The molecule has 0 aliphatic carbocycles. The standard InChI is InChI=1S/C19H22ClN3O.HI/c20-15-9-7-14(8-10-15)4-3-12-22-19(21)23-17-11-13-24-18-6-2-1-5-16(17)18;/h1-2,5-10,17H,3-4,11-13H2,(H3,21,22,23);1H. The predicted molar refractivity (Wildman–Crippen MR) is 114 cm³/mol. The molecular formula is C19H23ClIN3O. The van der Waals surface area contributed by atoms with Crippen molar-refractivity contribution in [3.8, 4) is 5.75 Å². The molecule has 0 amide bonds. The van der Waals surface area contributed by atoms with Gasteiger partial charge in [-0.15, -0.1) is 24.0 Å². The highest BCUT2D eigenvalue weighted by Gasteiger charge is 2.20. The third kappa shape index (κ3) is 5.78. The number of guanidine groups is 1. The van der Waals surface area contributed by atoms with Crippen molar-refractivity contribution < 1.29 is 4.74 Å². The molecule has 2 aromatic carbocycles. The first kappa shape index (κ1) is 19.8. The maximum atomic E-state index is 6.04. The van der Waals surface area contributed by atoms with Gasteiger partial charge >= 0.3 is 0 Å². The molecule has 1 unspecified atom stereocenters. The zero-order chi connectivity index (χ0) is 16.8. The molecule has 1 aliphatic heterocycles. The highest BCUT2D eigenvalue weighted by Crippen LogP contribution is 2.31. The van der Waals surface area contributed by atoms with Crippen molar-refractivity contribution in [2.75, 3.05) is 13.2 Å². The Hall–Kier alpha value is -1.47. The van der Waals surface area contributed by atoms with Gasteiger partial charge in [0.2, 0.25) is 0 Å². The zero-order valence-electron chi connectivity index (χ0n) is 14.0. The first-order valence-electron chi connectivity index (χ1n) is 8.25. The summed E-state index contributed by atoms with van der Waals surface area (Å²) in [5, 5.41) is 4.08. The van der Waals surface area contributed by atoms with Crippen LogP contribution in [0.25, 0.3) is 0 Å². The van der Waals surface area contributed by atoms with Gasteiger partial charge in [-0.05, 0) is 36.6 Å². The van der Waals surface area contributed by atoms with E-state index in [9.17, 15) is 0 Å². The van der Waals surface area contributed by atoms with Crippen molar-refractivity contribution in [2.24, 2.45) is 10.7 Å². The molecule has 2 aromatic rings. The highest BCUT2D eigenvalue weighted by molar-refractivity contribution is 14.0. The van der Waals surface area contributed by atoms with Crippen LogP contribution in [0.15, 0.2) is 53.5 Å². The summed E-state index contributed by atoms with van der Waals surface area (Å²) >= 11 is 5.89. The number of ether oxygens (including phenoxy) is 1.